The molecule has 0 radical (unpaired) electrons. The Bertz CT molecular complexity index is 498. The van der Waals surface area contributed by atoms with Gasteiger partial charge >= 0.3 is 0 Å². The average molecular weight is 310 g/mol. The molecule has 0 amide bonds. The molecule has 0 saturated carbocycles. The zero-order valence-electron chi connectivity index (χ0n) is 10.3. The van der Waals surface area contributed by atoms with Gasteiger partial charge < -0.3 is 4.89 Å². The van der Waals surface area contributed by atoms with Gasteiger partial charge in [-0.15, -0.1) is 23.5 Å². The van der Waals surface area contributed by atoms with E-state index in [1.807, 2.05) is 60.7 Å². The van der Waals surface area contributed by atoms with E-state index in [1.165, 1.54) is 23.5 Å². The molecule has 5 heteroatoms. The van der Waals surface area contributed by atoms with Crippen LogP contribution in [0.4, 0.5) is 0 Å². The monoisotopic (exact) mass is 310 g/mol. The van der Waals surface area contributed by atoms with Crippen molar-refractivity contribution >= 4 is 30.9 Å². The highest BCUT2D eigenvalue weighted by molar-refractivity contribution is 8.10. The summed E-state index contributed by atoms with van der Waals surface area (Å²) in [5.41, 5.74) is 0.522. The molecule has 0 aliphatic heterocycles. The summed E-state index contributed by atoms with van der Waals surface area (Å²) in [7, 11) is -3.10. The zero-order valence-corrected chi connectivity index (χ0v) is 12.8. The Labute approximate surface area is 122 Å². The van der Waals surface area contributed by atoms with Crippen LogP contribution in [0.25, 0.3) is 0 Å². The lowest BCUT2D eigenvalue weighted by atomic mass is 10.4. The molecule has 0 heterocycles. The highest BCUT2D eigenvalue weighted by Gasteiger charge is 2.18. The van der Waals surface area contributed by atoms with Crippen LogP contribution in [-0.2, 0) is 4.57 Å². The van der Waals surface area contributed by atoms with Crippen molar-refractivity contribution in [2.45, 2.75) is 9.79 Å². The fraction of sp³-hybridized carbons (Fsp3) is 0.143. The van der Waals surface area contributed by atoms with Crippen LogP contribution < -0.4 is 0 Å². The van der Waals surface area contributed by atoms with Gasteiger partial charge in [-0.05, 0) is 24.3 Å². The van der Waals surface area contributed by atoms with E-state index >= 15 is 0 Å². The smallest absolute Gasteiger partial charge is 0.220 e. The summed E-state index contributed by atoms with van der Waals surface area (Å²) in [6.07, 6.45) is 0. The third kappa shape index (κ3) is 5.45. The number of rotatable bonds is 6. The van der Waals surface area contributed by atoms with Crippen molar-refractivity contribution in [2.24, 2.45) is 0 Å². The van der Waals surface area contributed by atoms with Crippen LogP contribution in [-0.4, -0.2) is 15.9 Å². The van der Waals surface area contributed by atoms with Gasteiger partial charge in [0.25, 0.3) is 0 Å². The molecule has 100 valence electrons. The highest BCUT2D eigenvalue weighted by Crippen LogP contribution is 2.49. The molecule has 19 heavy (non-hydrogen) atoms. The predicted molar refractivity (Wildman–Crippen MR) is 84.2 cm³/mol. The fourth-order valence-electron chi connectivity index (χ4n) is 1.42. The molecule has 2 nitrogen and oxygen atoms in total. The van der Waals surface area contributed by atoms with Gasteiger partial charge in [-0.25, -0.2) is 0 Å². The van der Waals surface area contributed by atoms with Gasteiger partial charge in [-0.1, -0.05) is 36.4 Å². The third-order valence-electron chi connectivity index (χ3n) is 2.35. The maximum atomic E-state index is 12.1. The van der Waals surface area contributed by atoms with E-state index in [0.717, 1.165) is 9.79 Å². The Hall–Kier alpha value is -0.670. The summed E-state index contributed by atoms with van der Waals surface area (Å²) in [4.78, 5) is 12.0. The lowest BCUT2D eigenvalue weighted by Crippen LogP contribution is -1.88. The quantitative estimate of drug-likeness (QED) is 0.617. The van der Waals surface area contributed by atoms with Gasteiger partial charge in [-0.2, -0.15) is 0 Å². The predicted octanol–water partition coefficient (Wildman–Crippen LogP) is 4.76. The largest absolute Gasteiger partial charge is 0.343 e. The van der Waals surface area contributed by atoms with Crippen LogP contribution in [0.5, 0.6) is 0 Å². The van der Waals surface area contributed by atoms with Gasteiger partial charge in [0.2, 0.25) is 7.37 Å². The SMILES string of the molecule is O=P(O)(CSc1ccccc1)CSc1ccccc1. The molecular weight excluding hydrogens is 295 g/mol. The van der Waals surface area contributed by atoms with Crippen molar-refractivity contribution in [3.8, 4) is 0 Å². The van der Waals surface area contributed by atoms with Crippen molar-refractivity contribution in [2.75, 3.05) is 11.0 Å². The Balaban J connectivity index is 1.84. The molecule has 0 aliphatic rings. The molecule has 2 aromatic carbocycles. The van der Waals surface area contributed by atoms with E-state index in [1.54, 1.807) is 0 Å². The van der Waals surface area contributed by atoms with E-state index in [0.29, 0.717) is 0 Å². The van der Waals surface area contributed by atoms with Gasteiger partial charge in [0.05, 0.1) is 11.0 Å². The normalized spacial score (nSPS) is 11.4. The van der Waals surface area contributed by atoms with Gasteiger partial charge in [0.15, 0.2) is 0 Å². The fourth-order valence-corrected chi connectivity index (χ4v) is 5.90. The minimum Gasteiger partial charge on any atom is -0.343 e. The van der Waals surface area contributed by atoms with Crippen molar-refractivity contribution in [1.29, 1.82) is 0 Å². The lowest BCUT2D eigenvalue weighted by molar-refractivity contribution is 0.489. The van der Waals surface area contributed by atoms with Crippen LogP contribution in [0.2, 0.25) is 0 Å². The maximum Gasteiger partial charge on any atom is 0.220 e. The van der Waals surface area contributed by atoms with Gasteiger partial charge in [-0.3, -0.25) is 4.57 Å². The van der Waals surface area contributed by atoms with Crippen LogP contribution in [0.3, 0.4) is 0 Å². The Morgan fingerprint density at radius 3 is 1.53 bits per heavy atom. The summed E-state index contributed by atoms with van der Waals surface area (Å²) in [6.45, 7) is 0. The zero-order chi connectivity index (χ0) is 13.6. The van der Waals surface area contributed by atoms with E-state index in [-0.39, 0.29) is 11.0 Å². The Kier molecular flexibility index (Phi) is 5.59. The first kappa shape index (κ1) is 14.7. The van der Waals surface area contributed by atoms with Crippen LogP contribution in [0, 0.1) is 0 Å². The van der Waals surface area contributed by atoms with E-state index in [2.05, 4.69) is 0 Å². The number of benzene rings is 2. The molecule has 0 aliphatic carbocycles. The molecule has 1 N–H and O–H groups in total. The number of hydrogen-bond acceptors (Lipinski definition) is 3. The first-order valence-corrected chi connectivity index (χ1v) is 9.82. The average Bonchev–Trinajstić information content (AvgIpc) is 2.46. The van der Waals surface area contributed by atoms with Crippen molar-refractivity contribution < 1.29 is 9.46 Å². The minimum atomic E-state index is -3.10. The molecule has 0 aromatic heterocycles. The standard InChI is InChI=1S/C14H15O2PS2/c15-17(16,11-18-13-7-3-1-4-8-13)12-19-14-9-5-2-6-10-14/h1-10H,11-12H2,(H,15,16). The third-order valence-corrected chi connectivity index (χ3v) is 7.82. The van der Waals surface area contributed by atoms with Crippen LogP contribution in [0.1, 0.15) is 0 Å². The molecule has 0 bridgehead atoms. The van der Waals surface area contributed by atoms with E-state index < -0.39 is 7.37 Å². The summed E-state index contributed by atoms with van der Waals surface area (Å²) in [5, 5.41) is 0. The lowest BCUT2D eigenvalue weighted by Gasteiger charge is -2.10. The first-order valence-electron chi connectivity index (χ1n) is 5.82. The molecule has 0 atom stereocenters. The summed E-state index contributed by atoms with van der Waals surface area (Å²) in [6, 6.07) is 19.4. The number of thioether (sulfide) groups is 2. The topological polar surface area (TPSA) is 37.3 Å². The molecule has 0 unspecified atom stereocenters. The second kappa shape index (κ2) is 7.20. The Morgan fingerprint density at radius 2 is 1.16 bits per heavy atom. The second-order valence-corrected chi connectivity index (χ2v) is 9.30. The number of hydrogen-bond donors (Lipinski definition) is 1. The Morgan fingerprint density at radius 1 is 0.789 bits per heavy atom. The molecule has 2 rings (SSSR count). The van der Waals surface area contributed by atoms with Crippen molar-refractivity contribution in [3.05, 3.63) is 60.7 Å². The summed E-state index contributed by atoms with van der Waals surface area (Å²) < 4.78 is 12.1. The van der Waals surface area contributed by atoms with E-state index in [9.17, 15) is 9.46 Å². The maximum absolute atomic E-state index is 12.1. The van der Waals surface area contributed by atoms with Gasteiger partial charge in [0, 0.05) is 9.79 Å². The van der Waals surface area contributed by atoms with Crippen LogP contribution in [0.15, 0.2) is 70.5 Å². The van der Waals surface area contributed by atoms with Crippen molar-refractivity contribution in [3.63, 3.8) is 0 Å². The summed E-state index contributed by atoms with van der Waals surface area (Å²) in [5.74, 6) is 0. The molecule has 2 aromatic rings. The minimum absolute atomic E-state index is 0.261. The molecule has 0 spiro atoms. The molecule has 0 fully saturated rings. The second-order valence-electron chi connectivity index (χ2n) is 4.02. The van der Waals surface area contributed by atoms with E-state index in [4.69, 9.17) is 0 Å². The summed E-state index contributed by atoms with van der Waals surface area (Å²) >= 11 is 2.87. The first-order chi connectivity index (χ1) is 9.16. The van der Waals surface area contributed by atoms with Crippen molar-refractivity contribution in [1.82, 2.24) is 0 Å². The highest BCUT2D eigenvalue weighted by atomic mass is 32.2. The van der Waals surface area contributed by atoms with Crippen LogP contribution >= 0.6 is 30.9 Å². The molecule has 0 saturated heterocycles. The van der Waals surface area contributed by atoms with Gasteiger partial charge in [0.1, 0.15) is 0 Å². The molecular formula is C14H15O2PS2.